The number of amides is 1. The number of nitrogens with zero attached hydrogens (tertiary/aromatic N) is 2. The predicted octanol–water partition coefficient (Wildman–Crippen LogP) is 1.90. The van der Waals surface area contributed by atoms with Gasteiger partial charge in [0.05, 0.1) is 17.6 Å². The molecule has 0 saturated carbocycles. The maximum absolute atomic E-state index is 12.6. The van der Waals surface area contributed by atoms with Crippen molar-refractivity contribution >= 4 is 5.91 Å². The van der Waals surface area contributed by atoms with Gasteiger partial charge in [-0.2, -0.15) is 5.26 Å². The van der Waals surface area contributed by atoms with E-state index in [0.29, 0.717) is 18.7 Å². The summed E-state index contributed by atoms with van der Waals surface area (Å²) in [5.41, 5.74) is 1.57. The van der Waals surface area contributed by atoms with E-state index in [0.717, 1.165) is 18.5 Å². The first-order chi connectivity index (χ1) is 9.67. The first-order valence-corrected chi connectivity index (χ1v) is 7.17. The van der Waals surface area contributed by atoms with Crippen LogP contribution in [0.15, 0.2) is 24.3 Å². The zero-order valence-corrected chi connectivity index (χ0v) is 12.1. The van der Waals surface area contributed by atoms with Crippen LogP contribution in [0.4, 0.5) is 0 Å². The lowest BCUT2D eigenvalue weighted by Gasteiger charge is -2.26. The average Bonchev–Trinajstić information content (AvgIpc) is 2.90. The smallest absolute Gasteiger partial charge is 0.227 e. The van der Waals surface area contributed by atoms with E-state index in [2.05, 4.69) is 18.3 Å². The molecule has 2 rings (SSSR count). The van der Waals surface area contributed by atoms with Crippen molar-refractivity contribution in [2.24, 2.45) is 5.92 Å². The van der Waals surface area contributed by atoms with Gasteiger partial charge < -0.3 is 10.2 Å². The molecule has 1 N–H and O–H groups in total. The number of rotatable bonds is 4. The molecule has 1 aliphatic heterocycles. The van der Waals surface area contributed by atoms with Crippen molar-refractivity contribution in [3.63, 3.8) is 0 Å². The quantitative estimate of drug-likeness (QED) is 0.910. The normalized spacial score (nSPS) is 21.4. The van der Waals surface area contributed by atoms with Gasteiger partial charge in [0.25, 0.3) is 0 Å². The second-order valence-corrected chi connectivity index (χ2v) is 5.26. The lowest BCUT2D eigenvalue weighted by Crippen LogP contribution is -2.39. The molecule has 0 aromatic heterocycles. The van der Waals surface area contributed by atoms with Gasteiger partial charge in [-0.25, -0.2) is 0 Å². The van der Waals surface area contributed by atoms with E-state index in [4.69, 9.17) is 5.26 Å². The summed E-state index contributed by atoms with van der Waals surface area (Å²) in [6, 6.07) is 9.91. The predicted molar refractivity (Wildman–Crippen MR) is 77.8 cm³/mol. The Labute approximate surface area is 120 Å². The van der Waals surface area contributed by atoms with Gasteiger partial charge in [-0.05, 0) is 38.4 Å². The van der Waals surface area contributed by atoms with Gasteiger partial charge in [-0.3, -0.25) is 4.79 Å². The third kappa shape index (κ3) is 3.00. The molecule has 4 heteroatoms. The van der Waals surface area contributed by atoms with Crippen LogP contribution in [-0.4, -0.2) is 29.9 Å². The topological polar surface area (TPSA) is 56.1 Å². The summed E-state index contributed by atoms with van der Waals surface area (Å²) in [6.45, 7) is 6.14. The van der Waals surface area contributed by atoms with Gasteiger partial charge in [0, 0.05) is 19.1 Å². The number of hydrogen-bond donors (Lipinski definition) is 1. The number of nitrogens with one attached hydrogen (secondary N) is 1. The Morgan fingerprint density at radius 1 is 1.50 bits per heavy atom. The molecule has 0 bridgehead atoms. The number of hydrogen-bond acceptors (Lipinski definition) is 3. The van der Waals surface area contributed by atoms with Crippen LogP contribution in [0.1, 0.15) is 31.4 Å². The van der Waals surface area contributed by atoms with Gasteiger partial charge in [-0.1, -0.05) is 18.2 Å². The lowest BCUT2D eigenvalue weighted by molar-refractivity contribution is -0.136. The van der Waals surface area contributed by atoms with Gasteiger partial charge >= 0.3 is 0 Å². The Morgan fingerprint density at radius 2 is 2.25 bits per heavy atom. The van der Waals surface area contributed by atoms with E-state index < -0.39 is 0 Å². The number of carbonyl (C=O) groups is 1. The lowest BCUT2D eigenvalue weighted by atomic mass is 9.99. The van der Waals surface area contributed by atoms with E-state index in [9.17, 15) is 4.79 Å². The van der Waals surface area contributed by atoms with Crippen LogP contribution in [0.2, 0.25) is 0 Å². The van der Waals surface area contributed by atoms with Crippen molar-refractivity contribution in [3.8, 4) is 6.07 Å². The minimum absolute atomic E-state index is 0.0594. The Bertz CT molecular complexity index is 521. The molecule has 2 atom stereocenters. The molecule has 1 aromatic rings. The Morgan fingerprint density at radius 3 is 2.85 bits per heavy atom. The molecular formula is C16H21N3O. The molecule has 1 fully saturated rings. The van der Waals surface area contributed by atoms with E-state index in [-0.39, 0.29) is 17.9 Å². The highest BCUT2D eigenvalue weighted by atomic mass is 16.2. The summed E-state index contributed by atoms with van der Waals surface area (Å²) in [5, 5.41) is 12.4. The van der Waals surface area contributed by atoms with Crippen LogP contribution < -0.4 is 5.32 Å². The highest BCUT2D eigenvalue weighted by Crippen LogP contribution is 2.20. The molecule has 0 radical (unpaired) electrons. The fraction of sp³-hybridized carbons (Fsp3) is 0.500. The monoisotopic (exact) mass is 271 g/mol. The molecular weight excluding hydrogens is 250 g/mol. The van der Waals surface area contributed by atoms with Crippen LogP contribution in [-0.2, 0) is 11.3 Å². The summed E-state index contributed by atoms with van der Waals surface area (Å²) < 4.78 is 0. The Kier molecular flexibility index (Phi) is 4.75. The summed E-state index contributed by atoms with van der Waals surface area (Å²) in [5.74, 6) is 0.252. The molecule has 1 saturated heterocycles. The molecule has 0 spiro atoms. The summed E-state index contributed by atoms with van der Waals surface area (Å²) in [4.78, 5) is 14.4. The maximum atomic E-state index is 12.6. The first-order valence-electron chi connectivity index (χ1n) is 7.17. The fourth-order valence-corrected chi connectivity index (χ4v) is 2.75. The highest BCUT2D eigenvalue weighted by Gasteiger charge is 2.32. The zero-order valence-electron chi connectivity index (χ0n) is 12.1. The second kappa shape index (κ2) is 6.53. The van der Waals surface area contributed by atoms with Crippen molar-refractivity contribution in [3.05, 3.63) is 35.4 Å². The van der Waals surface area contributed by atoms with Gasteiger partial charge in [0.2, 0.25) is 5.91 Å². The van der Waals surface area contributed by atoms with Crippen molar-refractivity contribution in [1.82, 2.24) is 10.2 Å². The van der Waals surface area contributed by atoms with E-state index >= 15 is 0 Å². The second-order valence-electron chi connectivity index (χ2n) is 5.26. The highest BCUT2D eigenvalue weighted by molar-refractivity contribution is 5.80. The van der Waals surface area contributed by atoms with Crippen LogP contribution in [0.5, 0.6) is 0 Å². The zero-order chi connectivity index (χ0) is 14.5. The molecule has 1 heterocycles. The van der Waals surface area contributed by atoms with Gasteiger partial charge in [0.1, 0.15) is 0 Å². The van der Waals surface area contributed by atoms with Gasteiger partial charge in [0.15, 0.2) is 0 Å². The fourth-order valence-electron chi connectivity index (χ4n) is 2.75. The number of benzene rings is 1. The minimum atomic E-state index is 0.0594. The SMILES string of the molecule is CCN(Cc1ccccc1C#N)C(=O)C1CCNC1C. The standard InChI is InChI=1S/C16H21N3O/c1-3-19(16(20)15-8-9-18-12(15)2)11-14-7-5-4-6-13(14)10-17/h4-7,12,15,18H,3,8-9,11H2,1-2H3. The van der Waals surface area contributed by atoms with Crippen LogP contribution in [0.3, 0.4) is 0 Å². The third-order valence-electron chi connectivity index (χ3n) is 4.03. The molecule has 1 amide bonds. The van der Waals surface area contributed by atoms with Crippen molar-refractivity contribution in [1.29, 1.82) is 5.26 Å². The van der Waals surface area contributed by atoms with E-state index in [1.54, 1.807) is 6.07 Å². The third-order valence-corrected chi connectivity index (χ3v) is 4.03. The first kappa shape index (κ1) is 14.5. The van der Waals surface area contributed by atoms with Crippen LogP contribution in [0.25, 0.3) is 0 Å². The molecule has 1 aromatic carbocycles. The van der Waals surface area contributed by atoms with Crippen LogP contribution in [0, 0.1) is 17.2 Å². The Balaban J connectivity index is 2.13. The molecule has 4 nitrogen and oxygen atoms in total. The summed E-state index contributed by atoms with van der Waals surface area (Å²) in [7, 11) is 0. The average molecular weight is 271 g/mol. The molecule has 106 valence electrons. The largest absolute Gasteiger partial charge is 0.338 e. The molecule has 1 aliphatic rings. The van der Waals surface area contributed by atoms with E-state index in [1.807, 2.05) is 30.0 Å². The van der Waals surface area contributed by atoms with Crippen LogP contribution >= 0.6 is 0 Å². The number of nitriles is 1. The summed E-state index contributed by atoms with van der Waals surface area (Å²) in [6.07, 6.45) is 0.899. The Hall–Kier alpha value is -1.86. The summed E-state index contributed by atoms with van der Waals surface area (Å²) >= 11 is 0. The van der Waals surface area contributed by atoms with E-state index in [1.165, 1.54) is 0 Å². The molecule has 0 aliphatic carbocycles. The minimum Gasteiger partial charge on any atom is -0.338 e. The number of carbonyl (C=O) groups excluding carboxylic acids is 1. The van der Waals surface area contributed by atoms with Crippen molar-refractivity contribution in [2.45, 2.75) is 32.9 Å². The molecule has 20 heavy (non-hydrogen) atoms. The molecule has 2 unspecified atom stereocenters. The van der Waals surface area contributed by atoms with Crippen molar-refractivity contribution in [2.75, 3.05) is 13.1 Å². The van der Waals surface area contributed by atoms with Gasteiger partial charge in [-0.15, -0.1) is 0 Å². The van der Waals surface area contributed by atoms with Crippen molar-refractivity contribution < 1.29 is 4.79 Å². The maximum Gasteiger partial charge on any atom is 0.227 e.